The van der Waals surface area contributed by atoms with Crippen LogP contribution in [0.3, 0.4) is 0 Å². The van der Waals surface area contributed by atoms with E-state index in [1.807, 2.05) is 6.92 Å². The van der Waals surface area contributed by atoms with Gasteiger partial charge in [-0.15, -0.1) is 0 Å². The maximum absolute atomic E-state index is 12.7. The van der Waals surface area contributed by atoms with Crippen LogP contribution in [-0.4, -0.2) is 30.6 Å². The number of carbonyl (C=O) groups excluding carboxylic acids is 1. The van der Waals surface area contributed by atoms with Gasteiger partial charge in [0.15, 0.2) is 5.78 Å². The first-order chi connectivity index (χ1) is 8.86. The number of fused-ring (bicyclic) bond motifs is 1. The summed E-state index contributed by atoms with van der Waals surface area (Å²) in [6, 6.07) is 6.80. The Labute approximate surface area is 113 Å². The van der Waals surface area contributed by atoms with Gasteiger partial charge in [-0.05, 0) is 38.3 Å². The minimum absolute atomic E-state index is 0.0469. The van der Waals surface area contributed by atoms with E-state index in [2.05, 4.69) is 0 Å². The molecule has 1 aromatic carbocycles. The Bertz CT molecular complexity index is 635. The van der Waals surface area contributed by atoms with Gasteiger partial charge in [-0.25, -0.2) is 8.42 Å². The molecule has 0 bridgehead atoms. The number of aryl methyl sites for hydroxylation is 1. The predicted octanol–water partition coefficient (Wildman–Crippen LogP) is 1.74. The number of nitrogens with zero attached hydrogens (tertiary/aromatic N) is 1. The van der Waals surface area contributed by atoms with Crippen molar-refractivity contribution in [3.05, 3.63) is 29.8 Å². The van der Waals surface area contributed by atoms with Crippen molar-refractivity contribution in [2.45, 2.75) is 37.1 Å². The molecule has 1 heterocycles. The van der Waals surface area contributed by atoms with Crippen LogP contribution in [0.25, 0.3) is 0 Å². The van der Waals surface area contributed by atoms with Crippen LogP contribution >= 0.6 is 0 Å². The first kappa shape index (κ1) is 12.8. The first-order valence-corrected chi connectivity index (χ1v) is 7.93. The van der Waals surface area contributed by atoms with E-state index >= 15 is 0 Å². The highest BCUT2D eigenvalue weighted by Crippen LogP contribution is 2.49. The van der Waals surface area contributed by atoms with Crippen molar-refractivity contribution in [2.24, 2.45) is 5.92 Å². The van der Waals surface area contributed by atoms with Gasteiger partial charge in [0, 0.05) is 13.0 Å². The van der Waals surface area contributed by atoms with E-state index in [0.29, 0.717) is 13.0 Å². The number of hydrogen-bond donors (Lipinski definition) is 0. The minimum Gasteiger partial charge on any atom is -0.298 e. The molecule has 0 N–H and O–H groups in total. The number of hydrogen-bond acceptors (Lipinski definition) is 3. The van der Waals surface area contributed by atoms with E-state index in [0.717, 1.165) is 12.0 Å². The minimum atomic E-state index is -3.57. The number of rotatable bonds is 2. The summed E-state index contributed by atoms with van der Waals surface area (Å²) in [6.45, 7) is 4.13. The second-order valence-electron chi connectivity index (χ2n) is 5.65. The molecule has 0 aromatic heterocycles. The maximum atomic E-state index is 12.7. The van der Waals surface area contributed by atoms with Gasteiger partial charge < -0.3 is 0 Å². The lowest BCUT2D eigenvalue weighted by molar-refractivity contribution is -0.138. The Kier molecular flexibility index (Phi) is 2.63. The van der Waals surface area contributed by atoms with Crippen LogP contribution in [-0.2, 0) is 14.8 Å². The lowest BCUT2D eigenvalue weighted by atomic mass is 9.68. The summed E-state index contributed by atoms with van der Waals surface area (Å²) in [6.07, 6.45) is 1.31. The van der Waals surface area contributed by atoms with Crippen molar-refractivity contribution < 1.29 is 13.2 Å². The molecule has 102 valence electrons. The van der Waals surface area contributed by atoms with Crippen LogP contribution in [0.15, 0.2) is 29.2 Å². The summed E-state index contributed by atoms with van der Waals surface area (Å²) in [5.74, 6) is 0.242. The molecule has 1 aromatic rings. The monoisotopic (exact) mass is 279 g/mol. The highest BCUT2D eigenvalue weighted by molar-refractivity contribution is 7.89. The van der Waals surface area contributed by atoms with Gasteiger partial charge in [0.05, 0.1) is 10.4 Å². The lowest BCUT2D eigenvalue weighted by Gasteiger charge is -2.44. The second kappa shape index (κ2) is 3.90. The maximum Gasteiger partial charge on any atom is 0.243 e. The summed E-state index contributed by atoms with van der Waals surface area (Å²) in [5.41, 5.74) is 0.216. The molecule has 1 unspecified atom stereocenters. The van der Waals surface area contributed by atoms with Crippen molar-refractivity contribution in [2.75, 3.05) is 6.54 Å². The fourth-order valence-electron chi connectivity index (χ4n) is 3.16. The molecule has 2 fully saturated rings. The second-order valence-corrected chi connectivity index (χ2v) is 7.51. The number of sulfonamides is 1. The number of carbonyl (C=O) groups is 1. The third-order valence-electron chi connectivity index (χ3n) is 4.60. The standard InChI is InChI=1S/C14H17NO3S/c1-10-3-5-12(6-4-10)19(17,18)15-8-7-11-9-13(16)14(11,15)2/h3-6,11H,7-9H2,1-2H3/t11?,14-/m0/s1. The summed E-state index contributed by atoms with van der Waals surface area (Å²) >= 11 is 0. The van der Waals surface area contributed by atoms with E-state index in [1.54, 1.807) is 31.2 Å². The average molecular weight is 279 g/mol. The largest absolute Gasteiger partial charge is 0.298 e. The van der Waals surface area contributed by atoms with E-state index < -0.39 is 15.6 Å². The topological polar surface area (TPSA) is 54.5 Å². The molecule has 0 spiro atoms. The third kappa shape index (κ3) is 1.61. The highest BCUT2D eigenvalue weighted by atomic mass is 32.2. The molecule has 0 radical (unpaired) electrons. The van der Waals surface area contributed by atoms with Gasteiger partial charge >= 0.3 is 0 Å². The predicted molar refractivity (Wildman–Crippen MR) is 71.2 cm³/mol. The summed E-state index contributed by atoms with van der Waals surface area (Å²) in [4.78, 5) is 12.1. The molecule has 2 atom stereocenters. The zero-order valence-corrected chi connectivity index (χ0v) is 11.9. The van der Waals surface area contributed by atoms with E-state index in [4.69, 9.17) is 0 Å². The van der Waals surface area contributed by atoms with Crippen LogP contribution in [0.5, 0.6) is 0 Å². The van der Waals surface area contributed by atoms with Gasteiger partial charge in [0.2, 0.25) is 10.0 Å². The summed E-state index contributed by atoms with van der Waals surface area (Å²) in [7, 11) is -3.57. The van der Waals surface area contributed by atoms with Crippen molar-refractivity contribution in [3.63, 3.8) is 0 Å². The van der Waals surface area contributed by atoms with Crippen LogP contribution in [0.2, 0.25) is 0 Å². The Morgan fingerprint density at radius 3 is 2.47 bits per heavy atom. The summed E-state index contributed by atoms with van der Waals surface area (Å²) < 4.78 is 26.7. The Morgan fingerprint density at radius 1 is 1.26 bits per heavy atom. The van der Waals surface area contributed by atoms with Gasteiger partial charge in [0.1, 0.15) is 0 Å². The van der Waals surface area contributed by atoms with Gasteiger partial charge in [-0.3, -0.25) is 4.79 Å². The van der Waals surface area contributed by atoms with Crippen LogP contribution in [0, 0.1) is 12.8 Å². The number of ketones is 1. The molecule has 3 rings (SSSR count). The summed E-state index contributed by atoms with van der Waals surface area (Å²) in [5, 5.41) is 0. The fourth-order valence-corrected chi connectivity index (χ4v) is 4.99. The van der Waals surface area contributed by atoms with Crippen molar-refractivity contribution >= 4 is 15.8 Å². The molecule has 5 heteroatoms. The number of Topliss-reactive ketones (excluding diaryl/α,β-unsaturated/α-hetero) is 1. The first-order valence-electron chi connectivity index (χ1n) is 6.49. The smallest absolute Gasteiger partial charge is 0.243 e. The van der Waals surface area contributed by atoms with E-state index in [9.17, 15) is 13.2 Å². The molecule has 1 saturated heterocycles. The number of benzene rings is 1. The van der Waals surface area contributed by atoms with E-state index in [1.165, 1.54) is 4.31 Å². The highest BCUT2D eigenvalue weighted by Gasteiger charge is 2.61. The molecule has 19 heavy (non-hydrogen) atoms. The average Bonchev–Trinajstić information content (AvgIpc) is 2.64. The lowest BCUT2D eigenvalue weighted by Crippen LogP contribution is -2.61. The Hall–Kier alpha value is -1.20. The Morgan fingerprint density at radius 2 is 1.89 bits per heavy atom. The van der Waals surface area contributed by atoms with Crippen LogP contribution in [0.4, 0.5) is 0 Å². The van der Waals surface area contributed by atoms with Gasteiger partial charge in [-0.1, -0.05) is 17.7 Å². The quantitative estimate of drug-likeness (QED) is 0.828. The van der Waals surface area contributed by atoms with E-state index in [-0.39, 0.29) is 16.6 Å². The normalized spacial score (nSPS) is 31.1. The SMILES string of the molecule is Cc1ccc(S(=O)(=O)N2CCC3CC(=O)[C@]32C)cc1. The van der Waals surface area contributed by atoms with Gasteiger partial charge in [-0.2, -0.15) is 4.31 Å². The molecule has 1 aliphatic carbocycles. The molecule has 0 amide bonds. The zero-order valence-electron chi connectivity index (χ0n) is 11.1. The van der Waals surface area contributed by atoms with Crippen LogP contribution < -0.4 is 0 Å². The van der Waals surface area contributed by atoms with Gasteiger partial charge in [0.25, 0.3) is 0 Å². The van der Waals surface area contributed by atoms with Crippen molar-refractivity contribution in [1.29, 1.82) is 0 Å². The molecule has 4 nitrogen and oxygen atoms in total. The third-order valence-corrected chi connectivity index (χ3v) is 6.61. The molecule has 1 aliphatic heterocycles. The van der Waals surface area contributed by atoms with Crippen LogP contribution in [0.1, 0.15) is 25.3 Å². The Balaban J connectivity index is 2.02. The van der Waals surface area contributed by atoms with Crippen molar-refractivity contribution in [3.8, 4) is 0 Å². The molecule has 1 saturated carbocycles. The van der Waals surface area contributed by atoms with Crippen molar-refractivity contribution in [1.82, 2.24) is 4.31 Å². The molecular weight excluding hydrogens is 262 g/mol. The molecular formula is C14H17NO3S. The zero-order chi connectivity index (χ0) is 13.8. The molecule has 2 aliphatic rings. The fraction of sp³-hybridized carbons (Fsp3) is 0.500.